The zero-order valence-electron chi connectivity index (χ0n) is 9.41. The Hall–Kier alpha value is -0.970. The number of anilines is 2. The fourth-order valence-electron chi connectivity index (χ4n) is 2.00. The van der Waals surface area contributed by atoms with Crippen molar-refractivity contribution in [1.82, 2.24) is 0 Å². The van der Waals surface area contributed by atoms with Gasteiger partial charge in [0, 0.05) is 12.6 Å². The summed E-state index contributed by atoms with van der Waals surface area (Å²) < 4.78 is 0. The molecule has 3 rings (SSSR count). The number of azo groups is 1. The molecule has 2 heterocycles. The number of nitrogens with zero attached hydrogens (tertiary/aromatic N) is 3. The Balaban J connectivity index is 2.17. The van der Waals surface area contributed by atoms with Crippen molar-refractivity contribution in [2.45, 2.75) is 18.5 Å². The van der Waals surface area contributed by atoms with Crippen molar-refractivity contribution in [2.24, 2.45) is 10.2 Å². The molecular weight excluding hydrogens is 295 g/mol. The van der Waals surface area contributed by atoms with Crippen LogP contribution >= 0.6 is 34.8 Å². The van der Waals surface area contributed by atoms with Crippen LogP contribution in [0.5, 0.6) is 0 Å². The summed E-state index contributed by atoms with van der Waals surface area (Å²) in [4.78, 5) is 1.85. The number of alkyl halides is 1. The summed E-state index contributed by atoms with van der Waals surface area (Å²) in [7, 11) is 0. The van der Waals surface area contributed by atoms with Crippen LogP contribution in [0.2, 0.25) is 10.0 Å². The third kappa shape index (κ3) is 1.60. The lowest BCUT2D eigenvalue weighted by atomic mass is 10.2. The van der Waals surface area contributed by atoms with Crippen molar-refractivity contribution in [1.29, 1.82) is 0 Å². The molecule has 7 heteroatoms. The van der Waals surface area contributed by atoms with Crippen molar-refractivity contribution < 1.29 is 0 Å². The van der Waals surface area contributed by atoms with E-state index in [0.717, 1.165) is 11.4 Å². The second-order valence-electron chi connectivity index (χ2n) is 4.04. The summed E-state index contributed by atoms with van der Waals surface area (Å²) in [5.41, 5.74) is 1.66. The topological polar surface area (TPSA) is 40.0 Å². The first kappa shape index (κ1) is 12.1. The number of nitrogens with one attached hydrogen (secondary N) is 1. The van der Waals surface area contributed by atoms with Crippen molar-refractivity contribution in [3.05, 3.63) is 34.2 Å². The molecule has 0 fully saturated rings. The van der Waals surface area contributed by atoms with Gasteiger partial charge in [0.25, 0.3) is 0 Å². The van der Waals surface area contributed by atoms with Gasteiger partial charge in [0.1, 0.15) is 0 Å². The van der Waals surface area contributed by atoms with Gasteiger partial charge < -0.3 is 5.32 Å². The fourth-order valence-corrected chi connectivity index (χ4v) is 2.54. The highest BCUT2D eigenvalue weighted by atomic mass is 35.5. The maximum Gasteiger partial charge on any atom is 0.233 e. The second kappa shape index (κ2) is 4.02. The molecule has 1 aromatic carbocycles. The molecule has 0 aliphatic carbocycles. The van der Waals surface area contributed by atoms with E-state index in [1.54, 1.807) is 18.3 Å². The highest BCUT2D eigenvalue weighted by molar-refractivity contribution is 6.42. The minimum atomic E-state index is -0.889. The molecule has 0 spiro atoms. The molecule has 1 N–H and O–H groups in total. The van der Waals surface area contributed by atoms with Gasteiger partial charge in [-0.3, -0.25) is 4.90 Å². The van der Waals surface area contributed by atoms with Gasteiger partial charge in [-0.25, -0.2) is 0 Å². The quantitative estimate of drug-likeness (QED) is 0.598. The van der Waals surface area contributed by atoms with E-state index < -0.39 is 5.12 Å². The zero-order valence-corrected chi connectivity index (χ0v) is 11.7. The van der Waals surface area contributed by atoms with Crippen LogP contribution in [0.1, 0.15) is 13.3 Å². The van der Waals surface area contributed by atoms with E-state index in [-0.39, 0.29) is 0 Å². The van der Waals surface area contributed by atoms with Crippen LogP contribution in [0.3, 0.4) is 0 Å². The first-order valence-electron chi connectivity index (χ1n) is 5.43. The Morgan fingerprint density at radius 2 is 2.06 bits per heavy atom. The molecule has 0 bridgehead atoms. The highest BCUT2D eigenvalue weighted by Crippen LogP contribution is 2.47. The molecule has 0 aromatic heterocycles. The van der Waals surface area contributed by atoms with Gasteiger partial charge in [0.05, 0.1) is 21.4 Å². The number of hydrogen-bond donors (Lipinski definition) is 1. The zero-order chi connectivity index (χ0) is 12.9. The van der Waals surface area contributed by atoms with E-state index in [1.807, 2.05) is 11.8 Å². The Kier molecular flexibility index (Phi) is 2.70. The minimum absolute atomic E-state index is 0.473. The third-order valence-corrected chi connectivity index (χ3v) is 4.20. The molecule has 1 unspecified atom stereocenters. The summed E-state index contributed by atoms with van der Waals surface area (Å²) in [5.74, 6) is 0.665. The Morgan fingerprint density at radius 1 is 1.33 bits per heavy atom. The van der Waals surface area contributed by atoms with Crippen LogP contribution < -0.4 is 10.2 Å². The molecular formula is C11H9Cl3N4. The maximum atomic E-state index is 6.47. The van der Waals surface area contributed by atoms with Gasteiger partial charge in [0.15, 0.2) is 5.82 Å². The summed E-state index contributed by atoms with van der Waals surface area (Å²) in [6.45, 7) is 1.95. The summed E-state index contributed by atoms with van der Waals surface area (Å²) in [6.07, 6.45) is 2.37. The molecule has 0 saturated heterocycles. The molecule has 94 valence electrons. The monoisotopic (exact) mass is 302 g/mol. The number of benzene rings is 1. The van der Waals surface area contributed by atoms with Gasteiger partial charge in [-0.15, -0.1) is 10.2 Å². The van der Waals surface area contributed by atoms with E-state index in [0.29, 0.717) is 22.3 Å². The van der Waals surface area contributed by atoms with Crippen LogP contribution in [0.4, 0.5) is 11.4 Å². The SMILES string of the molecule is CCC1(Cl)N=NC2=CNc3cc(Cl)c(Cl)cc3N21. The Bertz CT molecular complexity index is 584. The molecule has 1 atom stereocenters. The van der Waals surface area contributed by atoms with E-state index in [9.17, 15) is 0 Å². The largest absolute Gasteiger partial charge is 0.357 e. The number of halogens is 3. The molecule has 0 amide bonds. The third-order valence-electron chi connectivity index (χ3n) is 2.96. The molecule has 1 aromatic rings. The summed E-state index contributed by atoms with van der Waals surface area (Å²) >= 11 is 18.5. The Morgan fingerprint density at radius 3 is 2.78 bits per heavy atom. The van der Waals surface area contributed by atoms with Crippen LogP contribution in [0.15, 0.2) is 34.4 Å². The number of hydrogen-bond acceptors (Lipinski definition) is 4. The van der Waals surface area contributed by atoms with Crippen molar-refractivity contribution in [3.8, 4) is 0 Å². The number of fused-ring (bicyclic) bond motifs is 3. The van der Waals surface area contributed by atoms with Gasteiger partial charge in [-0.2, -0.15) is 0 Å². The van der Waals surface area contributed by atoms with Gasteiger partial charge in [-0.1, -0.05) is 41.7 Å². The smallest absolute Gasteiger partial charge is 0.233 e. The van der Waals surface area contributed by atoms with E-state index in [2.05, 4.69) is 15.5 Å². The summed E-state index contributed by atoms with van der Waals surface area (Å²) in [5, 5.41) is 11.4. The lowest BCUT2D eigenvalue weighted by Crippen LogP contribution is -2.39. The van der Waals surface area contributed by atoms with Crippen LogP contribution in [0, 0.1) is 0 Å². The molecule has 4 nitrogen and oxygen atoms in total. The standard InChI is InChI=1S/C11H9Cl3N4/c1-2-11(14)17-16-10-5-15-8-3-6(12)7(13)4-9(8)18(10)11/h3-5,15H,2H2,1H3. The predicted octanol–water partition coefficient (Wildman–Crippen LogP) is 4.79. The van der Waals surface area contributed by atoms with Gasteiger partial charge >= 0.3 is 0 Å². The molecule has 2 aliphatic rings. The second-order valence-corrected chi connectivity index (χ2v) is 5.46. The van der Waals surface area contributed by atoms with Crippen LogP contribution in [-0.4, -0.2) is 5.12 Å². The van der Waals surface area contributed by atoms with Crippen molar-refractivity contribution >= 4 is 46.2 Å². The van der Waals surface area contributed by atoms with Crippen molar-refractivity contribution in [2.75, 3.05) is 10.2 Å². The van der Waals surface area contributed by atoms with E-state index in [4.69, 9.17) is 34.8 Å². The van der Waals surface area contributed by atoms with E-state index >= 15 is 0 Å². The Labute approximate surface area is 119 Å². The summed E-state index contributed by atoms with van der Waals surface area (Å²) in [6, 6.07) is 3.53. The van der Waals surface area contributed by atoms with Gasteiger partial charge in [-0.05, 0) is 12.1 Å². The average Bonchev–Trinajstić information content (AvgIpc) is 2.70. The lowest BCUT2D eigenvalue weighted by molar-refractivity contribution is 0.595. The fraction of sp³-hybridized carbons (Fsp3) is 0.273. The van der Waals surface area contributed by atoms with Crippen LogP contribution in [0.25, 0.3) is 0 Å². The molecule has 0 radical (unpaired) electrons. The minimum Gasteiger partial charge on any atom is -0.357 e. The van der Waals surface area contributed by atoms with Gasteiger partial charge in [0.2, 0.25) is 5.12 Å². The average molecular weight is 304 g/mol. The maximum absolute atomic E-state index is 6.47. The van der Waals surface area contributed by atoms with Crippen molar-refractivity contribution in [3.63, 3.8) is 0 Å². The molecule has 0 saturated carbocycles. The van der Waals surface area contributed by atoms with Crippen LogP contribution in [-0.2, 0) is 0 Å². The molecule has 2 aliphatic heterocycles. The normalized spacial score (nSPS) is 24.4. The first-order chi connectivity index (χ1) is 8.55. The first-order valence-corrected chi connectivity index (χ1v) is 6.56. The lowest BCUT2D eigenvalue weighted by Gasteiger charge is -2.34. The van der Waals surface area contributed by atoms with E-state index in [1.165, 1.54) is 0 Å². The highest BCUT2D eigenvalue weighted by Gasteiger charge is 2.43. The number of rotatable bonds is 1. The predicted molar refractivity (Wildman–Crippen MR) is 74.4 cm³/mol. The molecule has 18 heavy (non-hydrogen) atoms.